The van der Waals surface area contributed by atoms with Gasteiger partial charge < -0.3 is 9.05 Å². The zero-order valence-electron chi connectivity index (χ0n) is 10.6. The monoisotopic (exact) mass is 336 g/mol. The van der Waals surface area contributed by atoms with Crippen LogP contribution in [0.15, 0.2) is 24.3 Å². The highest BCUT2D eigenvalue weighted by molar-refractivity contribution is 7.42. The lowest BCUT2D eigenvalue weighted by Crippen LogP contribution is -2.10. The van der Waals surface area contributed by atoms with E-state index in [0.29, 0.717) is 11.3 Å². The second kappa shape index (κ2) is 5.70. The van der Waals surface area contributed by atoms with Crippen molar-refractivity contribution in [3.8, 4) is 11.5 Å². The molecule has 1 unspecified atom stereocenters. The molecule has 0 aliphatic carbocycles. The van der Waals surface area contributed by atoms with Gasteiger partial charge in [0.15, 0.2) is 0 Å². The third-order valence-electron chi connectivity index (χ3n) is 2.81. The van der Waals surface area contributed by atoms with Gasteiger partial charge in [0.2, 0.25) is 34.8 Å². The molecule has 116 valence electrons. The molecule has 3 nitrogen and oxygen atoms in total. The minimum atomic E-state index is -2.34. The maximum atomic E-state index is 13.5. The highest BCUT2D eigenvalue weighted by Crippen LogP contribution is 2.48. The van der Waals surface area contributed by atoms with Gasteiger partial charge in [0.25, 0.3) is 0 Å². The maximum absolute atomic E-state index is 13.5. The molecule has 1 aliphatic heterocycles. The molecular formula is C13H6F5O3P. The molecule has 9 heteroatoms. The summed E-state index contributed by atoms with van der Waals surface area (Å²) in [6.45, 7) is 0.0251. The Morgan fingerprint density at radius 2 is 1.45 bits per heavy atom. The van der Waals surface area contributed by atoms with Crippen LogP contribution >= 0.6 is 8.60 Å². The average Bonchev–Trinajstić information content (AvgIpc) is 2.55. The predicted molar refractivity (Wildman–Crippen MR) is 65.6 cm³/mol. The van der Waals surface area contributed by atoms with Gasteiger partial charge in [-0.2, -0.15) is 8.78 Å². The largest absolute Gasteiger partial charge is 0.463 e. The van der Waals surface area contributed by atoms with Crippen molar-refractivity contribution in [3.05, 3.63) is 58.9 Å². The molecule has 1 aliphatic rings. The van der Waals surface area contributed by atoms with Crippen LogP contribution in [-0.4, -0.2) is 0 Å². The number of rotatable bonds is 2. The van der Waals surface area contributed by atoms with E-state index < -0.39 is 43.4 Å². The van der Waals surface area contributed by atoms with Gasteiger partial charge in [-0.25, -0.2) is 13.2 Å². The van der Waals surface area contributed by atoms with E-state index in [0.717, 1.165) is 0 Å². The summed E-state index contributed by atoms with van der Waals surface area (Å²) in [4.78, 5) is 0. The van der Waals surface area contributed by atoms with Gasteiger partial charge in [-0.1, -0.05) is 18.2 Å². The molecule has 2 aromatic rings. The second-order valence-corrected chi connectivity index (χ2v) is 5.26. The molecular weight excluding hydrogens is 330 g/mol. The van der Waals surface area contributed by atoms with Crippen molar-refractivity contribution in [2.75, 3.05) is 0 Å². The zero-order chi connectivity index (χ0) is 15.9. The number of fused-ring (bicyclic) bond motifs is 1. The van der Waals surface area contributed by atoms with Crippen molar-refractivity contribution in [1.82, 2.24) is 0 Å². The zero-order valence-corrected chi connectivity index (χ0v) is 11.5. The Bertz CT molecular complexity index is 711. The van der Waals surface area contributed by atoms with Gasteiger partial charge in [-0.3, -0.25) is 4.52 Å². The van der Waals surface area contributed by atoms with Gasteiger partial charge in [0.1, 0.15) is 5.75 Å². The lowest BCUT2D eigenvalue weighted by atomic mass is 10.2. The first-order chi connectivity index (χ1) is 10.5. The smallest absolute Gasteiger partial charge is 0.417 e. The van der Waals surface area contributed by atoms with Gasteiger partial charge in [-0.15, -0.1) is 0 Å². The molecule has 3 rings (SSSR count). The Hall–Kier alpha value is -1.92. The SMILES string of the molecule is Fc1c(F)c(F)c(OP2OCc3ccccc3O2)c(F)c1F. The molecule has 0 aromatic heterocycles. The van der Waals surface area contributed by atoms with Crippen LogP contribution in [0.25, 0.3) is 0 Å². The average molecular weight is 336 g/mol. The van der Waals surface area contributed by atoms with Crippen molar-refractivity contribution in [2.45, 2.75) is 6.61 Å². The van der Waals surface area contributed by atoms with E-state index in [1.165, 1.54) is 0 Å². The summed E-state index contributed by atoms with van der Waals surface area (Å²) in [5, 5.41) is 0. The molecule has 0 saturated carbocycles. The first kappa shape index (κ1) is 15.0. The number of halogens is 5. The van der Waals surface area contributed by atoms with Crippen LogP contribution in [0.5, 0.6) is 11.5 Å². The quantitative estimate of drug-likeness (QED) is 0.347. The summed E-state index contributed by atoms with van der Waals surface area (Å²) in [5.74, 6) is -11.7. The molecule has 0 amide bonds. The lowest BCUT2D eigenvalue weighted by Gasteiger charge is -2.24. The van der Waals surface area contributed by atoms with Crippen LogP contribution in [-0.2, 0) is 11.1 Å². The fourth-order valence-electron chi connectivity index (χ4n) is 1.73. The standard InChI is InChI=1S/C13H6F5O3P/c14-8-9(15)11(17)13(12(18)10(8)16)21-22-19-5-6-3-1-2-4-7(6)20-22/h1-4H,5H2. The molecule has 22 heavy (non-hydrogen) atoms. The Morgan fingerprint density at radius 1 is 0.864 bits per heavy atom. The molecule has 0 fully saturated rings. The normalized spacial score (nSPS) is 16.9. The molecule has 1 heterocycles. The first-order valence-corrected chi connectivity index (χ1v) is 6.97. The van der Waals surface area contributed by atoms with Crippen LogP contribution in [0.4, 0.5) is 22.0 Å². The molecule has 0 bridgehead atoms. The highest BCUT2D eigenvalue weighted by Gasteiger charge is 2.32. The third kappa shape index (κ3) is 2.48. The van der Waals surface area contributed by atoms with Crippen molar-refractivity contribution in [1.29, 1.82) is 0 Å². The summed E-state index contributed by atoms with van der Waals surface area (Å²) >= 11 is 0. The Labute approximate surface area is 122 Å². The van der Waals surface area contributed by atoms with E-state index in [9.17, 15) is 22.0 Å². The summed E-state index contributed by atoms with van der Waals surface area (Å²) in [6.07, 6.45) is 0. The number of hydrogen-bond donors (Lipinski definition) is 0. The minimum Gasteiger partial charge on any atom is -0.417 e. The summed E-state index contributed by atoms with van der Waals surface area (Å²) < 4.78 is 81.1. The Balaban J connectivity index is 1.89. The molecule has 0 N–H and O–H groups in total. The van der Waals surface area contributed by atoms with Gasteiger partial charge in [-0.05, 0) is 6.07 Å². The molecule has 0 spiro atoms. The van der Waals surface area contributed by atoms with Crippen molar-refractivity contribution in [3.63, 3.8) is 0 Å². The predicted octanol–water partition coefficient (Wildman–Crippen LogP) is 4.60. The second-order valence-electron chi connectivity index (χ2n) is 4.19. The fourth-order valence-corrected chi connectivity index (χ4v) is 2.76. The highest BCUT2D eigenvalue weighted by atomic mass is 31.2. The minimum absolute atomic E-state index is 0.0251. The Morgan fingerprint density at radius 3 is 2.14 bits per heavy atom. The molecule has 1 atom stereocenters. The van der Waals surface area contributed by atoms with E-state index >= 15 is 0 Å². The van der Waals surface area contributed by atoms with Gasteiger partial charge >= 0.3 is 8.60 Å². The van der Waals surface area contributed by atoms with Crippen LogP contribution < -0.4 is 9.05 Å². The van der Waals surface area contributed by atoms with Gasteiger partial charge in [0.05, 0.1) is 6.61 Å². The maximum Gasteiger partial charge on any atom is 0.463 e. The number of para-hydroxylation sites is 1. The first-order valence-electron chi connectivity index (χ1n) is 5.87. The van der Waals surface area contributed by atoms with E-state index in [4.69, 9.17) is 13.6 Å². The lowest BCUT2D eigenvalue weighted by molar-refractivity contribution is 0.225. The van der Waals surface area contributed by atoms with Crippen LogP contribution in [0.3, 0.4) is 0 Å². The van der Waals surface area contributed by atoms with Crippen molar-refractivity contribution >= 4 is 8.60 Å². The van der Waals surface area contributed by atoms with E-state index in [-0.39, 0.29) is 6.61 Å². The molecule has 2 aromatic carbocycles. The van der Waals surface area contributed by atoms with Crippen LogP contribution in [0.1, 0.15) is 5.56 Å². The Kier molecular flexibility index (Phi) is 3.88. The summed E-state index contributed by atoms with van der Waals surface area (Å²) in [5.41, 5.74) is 0.669. The molecule has 0 saturated heterocycles. The van der Waals surface area contributed by atoms with Crippen molar-refractivity contribution in [2.24, 2.45) is 0 Å². The fraction of sp³-hybridized carbons (Fsp3) is 0.0769. The summed E-state index contributed by atoms with van der Waals surface area (Å²) in [7, 11) is -2.34. The van der Waals surface area contributed by atoms with Crippen molar-refractivity contribution < 1.29 is 35.5 Å². The van der Waals surface area contributed by atoms with Crippen LogP contribution in [0.2, 0.25) is 0 Å². The van der Waals surface area contributed by atoms with E-state index in [1.807, 2.05) is 0 Å². The van der Waals surface area contributed by atoms with E-state index in [2.05, 4.69) is 0 Å². The summed E-state index contributed by atoms with van der Waals surface area (Å²) in [6, 6.07) is 6.63. The van der Waals surface area contributed by atoms with E-state index in [1.54, 1.807) is 24.3 Å². The number of hydrogen-bond acceptors (Lipinski definition) is 3. The number of benzene rings is 2. The third-order valence-corrected chi connectivity index (χ3v) is 3.82. The topological polar surface area (TPSA) is 27.7 Å². The molecule has 0 radical (unpaired) electrons. The van der Waals surface area contributed by atoms with Crippen LogP contribution in [0, 0.1) is 29.1 Å². The van der Waals surface area contributed by atoms with Gasteiger partial charge in [0, 0.05) is 5.56 Å².